The Kier molecular flexibility index (Phi) is 4.50. The summed E-state index contributed by atoms with van der Waals surface area (Å²) < 4.78 is 5.23. The Morgan fingerprint density at radius 2 is 2.43 bits per heavy atom. The zero-order chi connectivity index (χ0) is 10.4. The summed E-state index contributed by atoms with van der Waals surface area (Å²) in [4.78, 5) is 0. The summed E-state index contributed by atoms with van der Waals surface area (Å²) in [6.07, 6.45) is 5.11. The molecule has 0 radical (unpaired) electrons. The van der Waals surface area contributed by atoms with Gasteiger partial charge in [0.2, 0.25) is 5.89 Å². The van der Waals surface area contributed by atoms with Crippen molar-refractivity contribution >= 4 is 11.8 Å². The van der Waals surface area contributed by atoms with E-state index in [-0.39, 0.29) is 0 Å². The van der Waals surface area contributed by atoms with Crippen molar-refractivity contribution in [2.45, 2.75) is 24.3 Å². The molecular formula is C9H13N3OS. The quantitative estimate of drug-likeness (QED) is 0.449. The van der Waals surface area contributed by atoms with Crippen LogP contribution in [-0.2, 0) is 0 Å². The first-order chi connectivity index (χ1) is 6.72. The number of nitrogens with one attached hydrogen (secondary N) is 1. The topological polar surface area (TPSA) is 51.0 Å². The van der Waals surface area contributed by atoms with Crippen molar-refractivity contribution in [3.8, 4) is 12.3 Å². The average Bonchev–Trinajstić information content (AvgIpc) is 2.52. The number of aromatic nitrogens is 2. The molecule has 0 aliphatic heterocycles. The highest BCUT2D eigenvalue weighted by molar-refractivity contribution is 7.99. The van der Waals surface area contributed by atoms with Gasteiger partial charge >= 0.3 is 0 Å². The molecule has 0 aliphatic rings. The minimum absolute atomic E-state index is 0.364. The fourth-order valence-corrected chi connectivity index (χ4v) is 1.69. The molecule has 1 unspecified atom stereocenters. The van der Waals surface area contributed by atoms with Crippen molar-refractivity contribution in [3.05, 3.63) is 5.89 Å². The molecule has 0 spiro atoms. The van der Waals surface area contributed by atoms with E-state index in [2.05, 4.69) is 28.4 Å². The third-order valence-corrected chi connectivity index (χ3v) is 2.40. The van der Waals surface area contributed by atoms with Crippen LogP contribution in [0, 0.1) is 19.3 Å². The van der Waals surface area contributed by atoms with E-state index >= 15 is 0 Å². The van der Waals surface area contributed by atoms with Crippen LogP contribution in [0.5, 0.6) is 0 Å². The average molecular weight is 211 g/mol. The lowest BCUT2D eigenvalue weighted by Gasteiger charge is -2.07. The lowest BCUT2D eigenvalue weighted by Crippen LogP contribution is -2.22. The molecule has 0 aromatic carbocycles. The first-order valence-corrected chi connectivity index (χ1v) is 5.21. The van der Waals surface area contributed by atoms with Crippen molar-refractivity contribution < 1.29 is 4.42 Å². The lowest BCUT2D eigenvalue weighted by molar-refractivity contribution is 0.428. The standard InChI is InChI=1S/C9H13N3OS/c1-4-5-10-6-7(2)14-9-12-11-8(3)13-9/h1,7,10H,5-6H2,2-3H3. The van der Waals surface area contributed by atoms with Gasteiger partial charge in [-0.3, -0.25) is 0 Å². The van der Waals surface area contributed by atoms with E-state index in [1.165, 1.54) is 0 Å². The highest BCUT2D eigenvalue weighted by Gasteiger charge is 2.08. The zero-order valence-electron chi connectivity index (χ0n) is 8.28. The second-order valence-corrected chi connectivity index (χ2v) is 4.24. The molecule has 0 bridgehead atoms. The normalized spacial score (nSPS) is 12.4. The number of hydrogen-bond acceptors (Lipinski definition) is 5. The molecule has 14 heavy (non-hydrogen) atoms. The third-order valence-electron chi connectivity index (χ3n) is 1.47. The maximum Gasteiger partial charge on any atom is 0.276 e. The summed E-state index contributed by atoms with van der Waals surface area (Å²) in [7, 11) is 0. The van der Waals surface area contributed by atoms with Gasteiger partial charge in [0.1, 0.15) is 0 Å². The van der Waals surface area contributed by atoms with Gasteiger partial charge in [-0.15, -0.1) is 16.6 Å². The molecule has 1 heterocycles. The molecule has 5 heteroatoms. The molecule has 76 valence electrons. The van der Waals surface area contributed by atoms with Crippen molar-refractivity contribution in [2.24, 2.45) is 0 Å². The molecule has 1 N–H and O–H groups in total. The maximum absolute atomic E-state index is 5.23. The van der Waals surface area contributed by atoms with Gasteiger partial charge in [0.15, 0.2) is 0 Å². The Labute approximate surface area is 87.9 Å². The minimum Gasteiger partial charge on any atom is -0.416 e. The van der Waals surface area contributed by atoms with Crippen LogP contribution >= 0.6 is 11.8 Å². The predicted molar refractivity (Wildman–Crippen MR) is 56.1 cm³/mol. The molecule has 0 aliphatic carbocycles. The van der Waals surface area contributed by atoms with E-state index in [1.54, 1.807) is 18.7 Å². The number of aryl methyl sites for hydroxylation is 1. The molecule has 0 fully saturated rings. The summed E-state index contributed by atoms with van der Waals surface area (Å²) >= 11 is 1.54. The molecule has 1 rings (SSSR count). The zero-order valence-corrected chi connectivity index (χ0v) is 9.10. The predicted octanol–water partition coefficient (Wildman–Crippen LogP) is 1.08. The van der Waals surface area contributed by atoms with Crippen molar-refractivity contribution in [1.82, 2.24) is 15.5 Å². The van der Waals surface area contributed by atoms with E-state index in [1.807, 2.05) is 0 Å². The fourth-order valence-electron chi connectivity index (χ4n) is 0.887. The number of hydrogen-bond donors (Lipinski definition) is 1. The van der Waals surface area contributed by atoms with Crippen molar-refractivity contribution in [3.63, 3.8) is 0 Å². The van der Waals surface area contributed by atoms with Crippen molar-refractivity contribution in [2.75, 3.05) is 13.1 Å². The molecule has 1 aromatic rings. The second-order valence-electron chi connectivity index (χ2n) is 2.85. The smallest absolute Gasteiger partial charge is 0.276 e. The van der Waals surface area contributed by atoms with Gasteiger partial charge in [-0.1, -0.05) is 24.6 Å². The monoisotopic (exact) mass is 211 g/mol. The molecule has 4 nitrogen and oxygen atoms in total. The Morgan fingerprint density at radius 3 is 3.00 bits per heavy atom. The number of terminal acetylenes is 1. The molecule has 0 saturated carbocycles. The fraction of sp³-hybridized carbons (Fsp3) is 0.556. The van der Waals surface area contributed by atoms with Crippen LogP contribution in [0.15, 0.2) is 9.64 Å². The first-order valence-electron chi connectivity index (χ1n) is 4.33. The van der Waals surface area contributed by atoms with Gasteiger partial charge < -0.3 is 9.73 Å². The van der Waals surface area contributed by atoms with Crippen LogP contribution in [0.2, 0.25) is 0 Å². The molecular weight excluding hydrogens is 198 g/mol. The molecule has 0 saturated heterocycles. The summed E-state index contributed by atoms with van der Waals surface area (Å²) in [5.41, 5.74) is 0. The van der Waals surface area contributed by atoms with Gasteiger partial charge in [0.05, 0.1) is 6.54 Å². The van der Waals surface area contributed by atoms with Crippen molar-refractivity contribution in [1.29, 1.82) is 0 Å². The largest absolute Gasteiger partial charge is 0.416 e. The number of rotatable bonds is 5. The highest BCUT2D eigenvalue weighted by atomic mass is 32.2. The van der Waals surface area contributed by atoms with E-state index in [0.717, 1.165) is 6.54 Å². The Hall–Kier alpha value is -0.990. The van der Waals surface area contributed by atoms with E-state index in [4.69, 9.17) is 10.8 Å². The van der Waals surface area contributed by atoms with Crippen LogP contribution in [0.25, 0.3) is 0 Å². The number of thioether (sulfide) groups is 1. The second kappa shape index (κ2) is 5.68. The van der Waals surface area contributed by atoms with Gasteiger partial charge in [-0.25, -0.2) is 0 Å². The van der Waals surface area contributed by atoms with Gasteiger partial charge in [-0.05, 0) is 0 Å². The highest BCUT2D eigenvalue weighted by Crippen LogP contribution is 2.20. The summed E-state index contributed by atoms with van der Waals surface area (Å²) in [6, 6.07) is 0. The van der Waals surface area contributed by atoms with E-state index in [0.29, 0.717) is 22.9 Å². The van der Waals surface area contributed by atoms with Gasteiger partial charge in [0, 0.05) is 18.7 Å². The number of nitrogens with zero attached hydrogens (tertiary/aromatic N) is 2. The molecule has 1 atom stereocenters. The van der Waals surface area contributed by atoms with Gasteiger partial charge in [-0.2, -0.15) is 0 Å². The van der Waals surface area contributed by atoms with Crippen LogP contribution in [0.4, 0.5) is 0 Å². The van der Waals surface area contributed by atoms with Crippen LogP contribution in [-0.4, -0.2) is 28.5 Å². The summed E-state index contributed by atoms with van der Waals surface area (Å²) in [6.45, 7) is 5.27. The van der Waals surface area contributed by atoms with Crippen LogP contribution < -0.4 is 5.32 Å². The summed E-state index contributed by atoms with van der Waals surface area (Å²) in [5.74, 6) is 3.11. The third kappa shape index (κ3) is 3.81. The van der Waals surface area contributed by atoms with Crippen LogP contribution in [0.1, 0.15) is 12.8 Å². The summed E-state index contributed by atoms with van der Waals surface area (Å²) in [5, 5.41) is 11.7. The lowest BCUT2D eigenvalue weighted by atomic mass is 10.4. The van der Waals surface area contributed by atoms with E-state index in [9.17, 15) is 0 Å². The molecule has 0 amide bonds. The minimum atomic E-state index is 0.364. The Balaban J connectivity index is 2.27. The Bertz CT molecular complexity index is 318. The molecule has 1 aromatic heterocycles. The van der Waals surface area contributed by atoms with E-state index < -0.39 is 0 Å². The maximum atomic E-state index is 5.23. The first kappa shape index (κ1) is 11.1. The van der Waals surface area contributed by atoms with Crippen LogP contribution in [0.3, 0.4) is 0 Å². The SMILES string of the molecule is C#CCNCC(C)Sc1nnc(C)o1. The van der Waals surface area contributed by atoms with Gasteiger partial charge in [0.25, 0.3) is 5.22 Å². The Morgan fingerprint density at radius 1 is 1.64 bits per heavy atom.